The number of amides is 1. The first kappa shape index (κ1) is 18.9. The number of carbonyl (C=O) groups is 1. The van der Waals surface area contributed by atoms with Crippen molar-refractivity contribution in [3.05, 3.63) is 23.8 Å². The third-order valence-corrected chi connectivity index (χ3v) is 4.90. The van der Waals surface area contributed by atoms with Crippen LogP contribution >= 0.6 is 11.8 Å². The van der Waals surface area contributed by atoms with Crippen molar-refractivity contribution in [3.8, 4) is 11.5 Å². The van der Waals surface area contributed by atoms with E-state index in [1.54, 1.807) is 18.9 Å². The van der Waals surface area contributed by atoms with Crippen molar-refractivity contribution < 1.29 is 14.3 Å². The molecule has 0 bridgehead atoms. The Morgan fingerprint density at radius 1 is 1.38 bits per heavy atom. The second-order valence-electron chi connectivity index (χ2n) is 6.12. The molecule has 1 aromatic rings. The molecule has 0 unspecified atom stereocenters. The van der Waals surface area contributed by atoms with Gasteiger partial charge in [-0.15, -0.1) is 0 Å². The third kappa shape index (κ3) is 5.60. The van der Waals surface area contributed by atoms with Gasteiger partial charge in [-0.05, 0) is 61.8 Å². The molecule has 1 atom stereocenters. The van der Waals surface area contributed by atoms with Crippen molar-refractivity contribution in [1.82, 2.24) is 5.32 Å². The maximum Gasteiger partial charge on any atom is 0.237 e. The topological polar surface area (TPSA) is 73.6 Å². The SMILES string of the molecule is COc1ccc(CNC(=O)[C@@H](N)CCSC)cc1OC1CCCC1. The zero-order valence-corrected chi connectivity index (χ0v) is 15.4. The molecule has 0 spiro atoms. The maximum atomic E-state index is 12.0. The molecule has 0 aliphatic heterocycles. The fourth-order valence-corrected chi connectivity index (χ4v) is 3.29. The Labute approximate surface area is 148 Å². The number of carbonyl (C=O) groups excluding carboxylic acids is 1. The van der Waals surface area contributed by atoms with E-state index in [-0.39, 0.29) is 12.0 Å². The first-order valence-corrected chi connectivity index (χ1v) is 9.89. The summed E-state index contributed by atoms with van der Waals surface area (Å²) in [6, 6.07) is 5.32. The standard InChI is InChI=1S/C18H28N2O3S/c1-22-16-8-7-13(11-17(16)23-14-5-3-4-6-14)12-20-18(21)15(19)9-10-24-2/h7-8,11,14-15H,3-6,9-10,12,19H2,1-2H3,(H,20,21)/t15-/m0/s1. The highest BCUT2D eigenvalue weighted by molar-refractivity contribution is 7.98. The highest BCUT2D eigenvalue weighted by Gasteiger charge is 2.19. The van der Waals surface area contributed by atoms with Gasteiger partial charge in [0.15, 0.2) is 11.5 Å². The van der Waals surface area contributed by atoms with Gasteiger partial charge in [-0.3, -0.25) is 4.79 Å². The molecule has 1 saturated carbocycles. The van der Waals surface area contributed by atoms with E-state index in [0.29, 0.717) is 13.0 Å². The normalized spacial score (nSPS) is 16.0. The Kier molecular flexibility index (Phi) is 7.72. The smallest absolute Gasteiger partial charge is 0.237 e. The maximum absolute atomic E-state index is 12.0. The van der Waals surface area contributed by atoms with E-state index >= 15 is 0 Å². The van der Waals surface area contributed by atoms with Crippen LogP contribution in [0.4, 0.5) is 0 Å². The summed E-state index contributed by atoms with van der Waals surface area (Å²) in [5, 5.41) is 2.90. The summed E-state index contributed by atoms with van der Waals surface area (Å²) in [6.45, 7) is 0.441. The molecular weight excluding hydrogens is 324 g/mol. The molecule has 1 aromatic carbocycles. The van der Waals surface area contributed by atoms with Crippen molar-refractivity contribution in [2.75, 3.05) is 19.1 Å². The fourth-order valence-electron chi connectivity index (χ4n) is 2.81. The van der Waals surface area contributed by atoms with Crippen LogP contribution in [0.15, 0.2) is 18.2 Å². The van der Waals surface area contributed by atoms with Crippen LogP contribution in [0.2, 0.25) is 0 Å². The lowest BCUT2D eigenvalue weighted by molar-refractivity contribution is -0.122. The van der Waals surface area contributed by atoms with Crippen LogP contribution in [0.3, 0.4) is 0 Å². The zero-order valence-electron chi connectivity index (χ0n) is 14.5. The Bertz CT molecular complexity index is 533. The molecule has 1 aliphatic carbocycles. The van der Waals surface area contributed by atoms with Crippen molar-refractivity contribution >= 4 is 17.7 Å². The van der Waals surface area contributed by atoms with Crippen LogP contribution in [0.5, 0.6) is 11.5 Å². The van der Waals surface area contributed by atoms with Crippen molar-refractivity contribution in [3.63, 3.8) is 0 Å². The van der Waals surface area contributed by atoms with E-state index in [1.807, 2.05) is 24.5 Å². The van der Waals surface area contributed by atoms with Crippen molar-refractivity contribution in [2.24, 2.45) is 5.73 Å². The van der Waals surface area contributed by atoms with Gasteiger partial charge >= 0.3 is 0 Å². The van der Waals surface area contributed by atoms with E-state index < -0.39 is 6.04 Å². The first-order valence-electron chi connectivity index (χ1n) is 8.50. The van der Waals surface area contributed by atoms with Crippen molar-refractivity contribution in [1.29, 1.82) is 0 Å². The lowest BCUT2D eigenvalue weighted by Gasteiger charge is -2.17. The lowest BCUT2D eigenvalue weighted by Crippen LogP contribution is -2.40. The average molecular weight is 353 g/mol. The third-order valence-electron chi connectivity index (χ3n) is 4.26. The molecule has 1 aliphatic rings. The monoisotopic (exact) mass is 352 g/mol. The van der Waals surface area contributed by atoms with E-state index in [1.165, 1.54) is 12.8 Å². The Hall–Kier alpha value is -1.40. The molecule has 0 saturated heterocycles. The van der Waals surface area contributed by atoms with E-state index in [0.717, 1.165) is 35.7 Å². The summed E-state index contributed by atoms with van der Waals surface area (Å²) in [4.78, 5) is 12.0. The number of methoxy groups -OCH3 is 1. The minimum atomic E-state index is -0.454. The predicted molar refractivity (Wildman–Crippen MR) is 98.7 cm³/mol. The number of nitrogens with one attached hydrogen (secondary N) is 1. The molecule has 5 nitrogen and oxygen atoms in total. The number of ether oxygens (including phenoxy) is 2. The molecule has 134 valence electrons. The van der Waals surface area contributed by atoms with Gasteiger partial charge in [0.2, 0.25) is 5.91 Å². The van der Waals surface area contributed by atoms with Crippen LogP contribution in [0.1, 0.15) is 37.7 Å². The molecule has 0 heterocycles. The Morgan fingerprint density at radius 2 is 2.12 bits per heavy atom. The second-order valence-corrected chi connectivity index (χ2v) is 7.10. The summed E-state index contributed by atoms with van der Waals surface area (Å²) in [6.07, 6.45) is 7.58. The van der Waals surface area contributed by atoms with Gasteiger partial charge in [0.05, 0.1) is 19.3 Å². The molecule has 2 rings (SSSR count). The summed E-state index contributed by atoms with van der Waals surface area (Å²) < 4.78 is 11.5. The van der Waals surface area contributed by atoms with Gasteiger partial charge in [0, 0.05) is 6.54 Å². The van der Waals surface area contributed by atoms with Gasteiger partial charge in [0.25, 0.3) is 0 Å². The van der Waals surface area contributed by atoms with Gasteiger partial charge < -0.3 is 20.5 Å². The average Bonchev–Trinajstić information content (AvgIpc) is 3.10. The minimum Gasteiger partial charge on any atom is -0.493 e. The van der Waals surface area contributed by atoms with Gasteiger partial charge in [-0.2, -0.15) is 11.8 Å². The molecule has 1 fully saturated rings. The van der Waals surface area contributed by atoms with Gasteiger partial charge in [0.1, 0.15) is 0 Å². The Morgan fingerprint density at radius 3 is 2.79 bits per heavy atom. The summed E-state index contributed by atoms with van der Waals surface area (Å²) in [5.41, 5.74) is 6.86. The summed E-state index contributed by atoms with van der Waals surface area (Å²) in [7, 11) is 1.64. The fraction of sp³-hybridized carbons (Fsp3) is 0.611. The molecule has 0 aromatic heterocycles. The van der Waals surface area contributed by atoms with E-state index in [2.05, 4.69) is 5.32 Å². The van der Waals surface area contributed by atoms with Crippen LogP contribution < -0.4 is 20.5 Å². The number of benzene rings is 1. The molecule has 0 radical (unpaired) electrons. The predicted octanol–water partition coefficient (Wildman–Crippen LogP) is 2.71. The van der Waals surface area contributed by atoms with E-state index in [9.17, 15) is 4.79 Å². The largest absolute Gasteiger partial charge is 0.493 e. The zero-order chi connectivity index (χ0) is 17.4. The number of hydrogen-bond acceptors (Lipinski definition) is 5. The lowest BCUT2D eigenvalue weighted by atomic mass is 10.1. The molecule has 6 heteroatoms. The molecule has 1 amide bonds. The second kappa shape index (κ2) is 9.79. The molecular formula is C18H28N2O3S. The minimum absolute atomic E-state index is 0.113. The van der Waals surface area contributed by atoms with Crippen LogP contribution in [-0.4, -0.2) is 37.2 Å². The highest BCUT2D eigenvalue weighted by atomic mass is 32.2. The first-order chi connectivity index (χ1) is 11.6. The van der Waals surface area contributed by atoms with Crippen LogP contribution in [0.25, 0.3) is 0 Å². The van der Waals surface area contributed by atoms with E-state index in [4.69, 9.17) is 15.2 Å². The quantitative estimate of drug-likeness (QED) is 0.715. The number of thioether (sulfide) groups is 1. The number of hydrogen-bond donors (Lipinski definition) is 2. The van der Waals surface area contributed by atoms with Crippen LogP contribution in [0, 0.1) is 0 Å². The summed E-state index contributed by atoms with van der Waals surface area (Å²) in [5.74, 6) is 2.26. The number of rotatable bonds is 9. The molecule has 24 heavy (non-hydrogen) atoms. The van der Waals surface area contributed by atoms with Crippen LogP contribution in [-0.2, 0) is 11.3 Å². The summed E-state index contributed by atoms with van der Waals surface area (Å²) >= 11 is 1.69. The number of nitrogens with two attached hydrogens (primary N) is 1. The highest BCUT2D eigenvalue weighted by Crippen LogP contribution is 2.32. The van der Waals surface area contributed by atoms with Gasteiger partial charge in [-0.1, -0.05) is 6.07 Å². The molecule has 3 N–H and O–H groups in total. The van der Waals surface area contributed by atoms with Gasteiger partial charge in [-0.25, -0.2) is 0 Å². The van der Waals surface area contributed by atoms with Crippen molar-refractivity contribution in [2.45, 2.75) is 50.8 Å². The Balaban J connectivity index is 1.93.